The molecule has 1 aromatic carbocycles. The average Bonchev–Trinajstić information content (AvgIpc) is 3.39. The second kappa shape index (κ2) is 14.1. The third-order valence-corrected chi connectivity index (χ3v) is 8.27. The average molecular weight is 619 g/mol. The Bertz CT molecular complexity index is 1230. The van der Waals surface area contributed by atoms with Gasteiger partial charge >= 0.3 is 0 Å². The fourth-order valence-corrected chi connectivity index (χ4v) is 5.85. The highest BCUT2D eigenvalue weighted by atomic mass is 19.3. The van der Waals surface area contributed by atoms with E-state index in [9.17, 15) is 19.2 Å². The fourth-order valence-electron chi connectivity index (χ4n) is 5.85. The van der Waals surface area contributed by atoms with Gasteiger partial charge in [-0.2, -0.15) is 0 Å². The molecule has 0 saturated carbocycles. The van der Waals surface area contributed by atoms with E-state index in [0.29, 0.717) is 12.3 Å². The van der Waals surface area contributed by atoms with Crippen molar-refractivity contribution < 1.29 is 32.7 Å². The van der Waals surface area contributed by atoms with Crippen LogP contribution >= 0.6 is 0 Å². The van der Waals surface area contributed by atoms with Gasteiger partial charge in [-0.15, -0.1) is 0 Å². The second-order valence-electron chi connectivity index (χ2n) is 13.2. The number of fused-ring (bicyclic) bond motifs is 2. The summed E-state index contributed by atoms with van der Waals surface area (Å²) in [6.45, 7) is 13.2. The summed E-state index contributed by atoms with van der Waals surface area (Å²) in [7, 11) is 0. The topological polar surface area (TPSA) is 108 Å². The first-order chi connectivity index (χ1) is 20.5. The van der Waals surface area contributed by atoms with Crippen LogP contribution in [0.5, 0.6) is 0 Å². The van der Waals surface area contributed by atoms with Crippen LogP contribution in [-0.4, -0.2) is 76.5 Å². The largest absolute Gasteiger partial charge is 0.477 e. The Kier molecular flexibility index (Phi) is 11.2. The van der Waals surface area contributed by atoms with Gasteiger partial charge in [-0.25, -0.2) is 8.78 Å². The number of hydrogen-bond donors (Lipinski definition) is 2. The predicted octanol–water partition coefficient (Wildman–Crippen LogP) is 4.59. The van der Waals surface area contributed by atoms with Crippen molar-refractivity contribution in [3.05, 3.63) is 47.9 Å². The number of ketones is 1. The fraction of sp³-hybridized carbons (Fsp3) is 0.636. The monoisotopic (exact) mass is 618 g/mol. The summed E-state index contributed by atoms with van der Waals surface area (Å²) in [6.07, 6.45) is 1.69. The van der Waals surface area contributed by atoms with Crippen LogP contribution in [0.3, 0.4) is 0 Å². The number of benzene rings is 1. The number of carbonyl (C=O) groups excluding carboxylic acids is 4. The molecular formula is C33H48F2N4O5. The quantitative estimate of drug-likeness (QED) is 0.262. The Morgan fingerprint density at radius 1 is 1.11 bits per heavy atom. The third kappa shape index (κ3) is 7.95. The summed E-state index contributed by atoms with van der Waals surface area (Å²) < 4.78 is 37.3. The first-order valence-corrected chi connectivity index (χ1v) is 15.5. The van der Waals surface area contributed by atoms with Gasteiger partial charge < -0.3 is 25.2 Å². The van der Waals surface area contributed by atoms with Gasteiger partial charge in [0, 0.05) is 12.5 Å². The number of Topliss-reactive ketones (excluding diaryl/α,β-unsaturated/α-hetero) is 1. The van der Waals surface area contributed by atoms with E-state index in [1.54, 1.807) is 51.1 Å². The lowest BCUT2D eigenvalue weighted by atomic mass is 9.85. The molecule has 3 amide bonds. The zero-order chi connectivity index (χ0) is 33.0. The molecule has 11 heteroatoms. The van der Waals surface area contributed by atoms with Crippen LogP contribution in [0.15, 0.2) is 42.3 Å². The highest BCUT2D eigenvalue weighted by Crippen LogP contribution is 2.42. The molecule has 0 aliphatic carbocycles. The maximum absolute atomic E-state index is 15.8. The number of nitrogens with zero attached hydrogens (tertiary/aromatic N) is 2. The number of likely N-dealkylation sites (tertiary alicyclic amines) is 2. The minimum Gasteiger partial charge on any atom is -0.477 e. The van der Waals surface area contributed by atoms with Gasteiger partial charge in [0.25, 0.3) is 11.8 Å². The molecule has 5 atom stereocenters. The van der Waals surface area contributed by atoms with Gasteiger partial charge in [0.15, 0.2) is 5.88 Å². The lowest BCUT2D eigenvalue weighted by Gasteiger charge is -2.40. The number of alkyl halides is 2. The smallest absolute Gasteiger partial charge is 0.290 e. The number of nitrogens with one attached hydrogen (secondary N) is 2. The molecule has 9 nitrogen and oxygen atoms in total. The first kappa shape index (κ1) is 35.0. The molecule has 3 rings (SSSR count). The highest BCUT2D eigenvalue weighted by Gasteiger charge is 2.58. The summed E-state index contributed by atoms with van der Waals surface area (Å²) >= 11 is 0. The minimum absolute atomic E-state index is 0.0302. The summed E-state index contributed by atoms with van der Waals surface area (Å²) in [4.78, 5) is 56.8. The Balaban J connectivity index is 1.91. The van der Waals surface area contributed by atoms with Crippen LogP contribution in [0.4, 0.5) is 8.78 Å². The van der Waals surface area contributed by atoms with E-state index in [4.69, 9.17) is 4.74 Å². The Hall–Kier alpha value is -3.50. The van der Waals surface area contributed by atoms with Crippen molar-refractivity contribution in [1.29, 1.82) is 0 Å². The SMILES string of the molecule is CC=C(N[C@H](C(=O)N1C[C@H]2CC1C(=O)N(C(CCC)C(=O)C(=O)N[C@@H](C)c1ccccc1)CC2(F)F)C(C)(C)C)OC(C)C. The molecule has 0 spiro atoms. The van der Waals surface area contributed by atoms with E-state index in [1.165, 1.54) is 4.90 Å². The molecule has 2 fully saturated rings. The van der Waals surface area contributed by atoms with E-state index >= 15 is 8.78 Å². The van der Waals surface area contributed by atoms with E-state index in [2.05, 4.69) is 10.6 Å². The van der Waals surface area contributed by atoms with Crippen LogP contribution in [0, 0.1) is 11.3 Å². The van der Waals surface area contributed by atoms with Crippen LogP contribution in [0.1, 0.15) is 86.3 Å². The molecule has 2 saturated heterocycles. The third-order valence-electron chi connectivity index (χ3n) is 8.27. The summed E-state index contributed by atoms with van der Waals surface area (Å²) in [5.41, 5.74) is 0.101. The van der Waals surface area contributed by atoms with Gasteiger partial charge in [0.2, 0.25) is 17.6 Å². The van der Waals surface area contributed by atoms with E-state index < -0.39 is 71.5 Å². The lowest BCUT2D eigenvalue weighted by Crippen LogP contribution is -2.61. The molecule has 0 aromatic heterocycles. The number of hydrogen-bond acceptors (Lipinski definition) is 6. The molecule has 244 valence electrons. The standard InChI is InChI=1S/C33H48F2N4O5/c1-9-14-24(27(40)29(41)36-21(5)22-15-12-11-13-16-22)39-19-33(34,35)23-17-25(30(39)42)38(18-23)31(43)28(32(6,7)8)37-26(10-2)44-20(3)4/h10-13,15-16,20-21,23-25,28,37H,9,14,17-19H2,1-8H3,(H,36,41)/t21-,23+,24?,25?,28+/m0/s1. The zero-order valence-electron chi connectivity index (χ0n) is 27.2. The molecular weight excluding hydrogens is 570 g/mol. The Labute approximate surface area is 259 Å². The lowest BCUT2D eigenvalue weighted by molar-refractivity contribution is -0.158. The maximum Gasteiger partial charge on any atom is 0.290 e. The number of halogens is 2. The number of carbonyl (C=O) groups is 4. The van der Waals surface area contributed by atoms with Crippen molar-refractivity contribution in [3.63, 3.8) is 0 Å². The van der Waals surface area contributed by atoms with Crippen molar-refractivity contribution in [2.45, 2.75) is 111 Å². The predicted molar refractivity (Wildman–Crippen MR) is 163 cm³/mol. The molecule has 44 heavy (non-hydrogen) atoms. The molecule has 2 aliphatic rings. The van der Waals surface area contributed by atoms with Gasteiger partial charge in [0.1, 0.15) is 18.1 Å². The maximum atomic E-state index is 15.8. The van der Waals surface area contributed by atoms with E-state index in [0.717, 1.165) is 10.5 Å². The van der Waals surface area contributed by atoms with Crippen molar-refractivity contribution in [1.82, 2.24) is 20.4 Å². The summed E-state index contributed by atoms with van der Waals surface area (Å²) in [5, 5.41) is 5.78. The zero-order valence-corrected chi connectivity index (χ0v) is 27.2. The van der Waals surface area contributed by atoms with Gasteiger partial charge in [-0.3, -0.25) is 19.2 Å². The molecule has 0 radical (unpaired) electrons. The van der Waals surface area contributed by atoms with Crippen LogP contribution < -0.4 is 10.6 Å². The Morgan fingerprint density at radius 3 is 2.30 bits per heavy atom. The molecule has 2 N–H and O–H groups in total. The van der Waals surface area contributed by atoms with Crippen LogP contribution in [0.2, 0.25) is 0 Å². The summed E-state index contributed by atoms with van der Waals surface area (Å²) in [5.74, 6) is -7.42. The van der Waals surface area contributed by atoms with Crippen LogP contribution in [0.25, 0.3) is 0 Å². The number of rotatable bonds is 12. The Morgan fingerprint density at radius 2 is 1.75 bits per heavy atom. The molecule has 2 heterocycles. The number of ether oxygens (including phenoxy) is 1. The van der Waals surface area contributed by atoms with E-state index in [-0.39, 0.29) is 25.5 Å². The number of allylic oxidation sites excluding steroid dienone is 1. The van der Waals surface area contributed by atoms with Crippen molar-refractivity contribution >= 4 is 23.5 Å². The number of amides is 3. The first-order valence-electron chi connectivity index (χ1n) is 15.5. The minimum atomic E-state index is -3.38. The van der Waals surface area contributed by atoms with E-state index in [1.807, 2.05) is 40.7 Å². The van der Waals surface area contributed by atoms with Gasteiger partial charge in [-0.1, -0.05) is 64.4 Å². The normalized spacial score (nSPS) is 22.2. The second-order valence-corrected chi connectivity index (χ2v) is 13.2. The molecule has 2 bridgehead atoms. The molecule has 1 aromatic rings. The van der Waals surface area contributed by atoms with Crippen molar-refractivity contribution in [2.24, 2.45) is 11.3 Å². The van der Waals surface area contributed by atoms with Gasteiger partial charge in [0.05, 0.1) is 18.7 Å². The van der Waals surface area contributed by atoms with Crippen molar-refractivity contribution in [2.75, 3.05) is 13.1 Å². The van der Waals surface area contributed by atoms with Crippen molar-refractivity contribution in [3.8, 4) is 0 Å². The van der Waals surface area contributed by atoms with Crippen LogP contribution in [-0.2, 0) is 23.9 Å². The highest BCUT2D eigenvalue weighted by molar-refractivity contribution is 6.38. The summed E-state index contributed by atoms with van der Waals surface area (Å²) in [6, 6.07) is 5.06. The molecule has 2 unspecified atom stereocenters. The molecule has 2 aliphatic heterocycles. The van der Waals surface area contributed by atoms with Gasteiger partial charge in [-0.05, 0) is 57.6 Å².